The number of hydrogen-bond acceptors (Lipinski definition) is 4. The zero-order valence-electron chi connectivity index (χ0n) is 19.4. The number of aliphatic hydroxyl groups is 1. The molecule has 3 aromatic carbocycles. The maximum atomic E-state index is 13.9. The summed E-state index contributed by atoms with van der Waals surface area (Å²) in [5, 5.41) is 9.70. The molecule has 11 heteroatoms. The minimum absolute atomic E-state index is 0.103. The Kier molecular flexibility index (Phi) is 7.68. The van der Waals surface area contributed by atoms with Crippen molar-refractivity contribution in [3.05, 3.63) is 102 Å². The van der Waals surface area contributed by atoms with Gasteiger partial charge < -0.3 is 19.2 Å². The van der Waals surface area contributed by atoms with Crippen molar-refractivity contribution in [2.24, 2.45) is 0 Å². The third-order valence-electron chi connectivity index (χ3n) is 5.49. The smallest absolute Gasteiger partial charge is 0.416 e. The monoisotopic (exact) mass is 539 g/mol. The van der Waals surface area contributed by atoms with Crippen LogP contribution in [0.4, 0.5) is 36.4 Å². The highest BCUT2D eigenvalue weighted by Crippen LogP contribution is 2.33. The second-order valence-electron chi connectivity index (χ2n) is 8.39. The molecule has 38 heavy (non-hydrogen) atoms. The van der Waals surface area contributed by atoms with Gasteiger partial charge in [-0.3, -0.25) is 0 Å². The summed E-state index contributed by atoms with van der Waals surface area (Å²) < 4.78 is 104. The van der Waals surface area contributed by atoms with Crippen molar-refractivity contribution in [2.75, 3.05) is 11.4 Å². The summed E-state index contributed by atoms with van der Waals surface area (Å²) >= 11 is 0. The molecular formula is C27H20F7NO3. The maximum absolute atomic E-state index is 13.9. The van der Waals surface area contributed by atoms with E-state index >= 15 is 0 Å². The van der Waals surface area contributed by atoms with Gasteiger partial charge in [0, 0.05) is 23.9 Å². The number of benzene rings is 3. The Morgan fingerprint density at radius 1 is 0.842 bits per heavy atom. The van der Waals surface area contributed by atoms with Crippen molar-refractivity contribution in [2.45, 2.75) is 25.0 Å². The van der Waals surface area contributed by atoms with Crippen LogP contribution in [0.1, 0.15) is 11.1 Å². The van der Waals surface area contributed by atoms with E-state index in [0.29, 0.717) is 29.2 Å². The van der Waals surface area contributed by atoms with Crippen molar-refractivity contribution in [3.8, 4) is 22.8 Å². The number of anilines is 1. The second kappa shape index (κ2) is 10.8. The highest BCUT2D eigenvalue weighted by Gasteiger charge is 2.39. The Morgan fingerprint density at radius 3 is 2.21 bits per heavy atom. The van der Waals surface area contributed by atoms with Gasteiger partial charge in [0.05, 0.1) is 18.4 Å². The molecule has 0 saturated carbocycles. The van der Waals surface area contributed by atoms with E-state index in [-0.39, 0.29) is 17.0 Å². The third-order valence-corrected chi connectivity index (χ3v) is 5.49. The van der Waals surface area contributed by atoms with E-state index in [1.807, 2.05) is 0 Å². The molecule has 4 aromatic rings. The van der Waals surface area contributed by atoms with E-state index in [9.17, 15) is 35.8 Å². The lowest BCUT2D eigenvalue weighted by atomic mass is 10.1. The predicted molar refractivity (Wildman–Crippen MR) is 125 cm³/mol. The minimum atomic E-state index is -4.99. The molecule has 0 aliphatic rings. The van der Waals surface area contributed by atoms with Gasteiger partial charge in [0.15, 0.2) is 6.10 Å². The van der Waals surface area contributed by atoms with Gasteiger partial charge in [-0.25, -0.2) is 4.39 Å². The highest BCUT2D eigenvalue weighted by molar-refractivity contribution is 5.60. The largest absolute Gasteiger partial charge is 0.464 e. The molecule has 1 aromatic heterocycles. The fraction of sp³-hybridized carbons (Fsp3) is 0.185. The Morgan fingerprint density at radius 2 is 1.55 bits per heavy atom. The van der Waals surface area contributed by atoms with Crippen LogP contribution in [0.3, 0.4) is 0 Å². The molecule has 0 saturated heterocycles. The van der Waals surface area contributed by atoms with Crippen LogP contribution in [0.2, 0.25) is 0 Å². The first-order valence-corrected chi connectivity index (χ1v) is 11.2. The Hall–Kier alpha value is -3.99. The van der Waals surface area contributed by atoms with Crippen LogP contribution < -0.4 is 9.64 Å². The topological polar surface area (TPSA) is 45.8 Å². The Balaban J connectivity index is 1.64. The molecule has 0 amide bonds. The van der Waals surface area contributed by atoms with Crippen LogP contribution in [0, 0.1) is 5.82 Å². The van der Waals surface area contributed by atoms with Gasteiger partial charge in [0.25, 0.3) is 0 Å². The number of nitrogens with zero attached hydrogens (tertiary/aromatic N) is 1. The standard InChI is InChI=1S/C27H20F7NO3/c28-20-11-17(10-19(13-20)26(29,30)31)15-35(16-25(36)27(32,33)34)21-5-2-7-23(14-21)38-22-6-1-4-18(12-22)24-8-3-9-37-24/h1-14,25,36H,15-16H2/t25-/m1/s1. The number of halogens is 7. The van der Waals surface area contributed by atoms with Crippen LogP contribution in [0.5, 0.6) is 11.5 Å². The molecule has 1 N–H and O–H groups in total. The summed E-state index contributed by atoms with van der Waals surface area (Å²) in [4.78, 5) is 0.999. The van der Waals surface area contributed by atoms with Crippen molar-refractivity contribution >= 4 is 5.69 Å². The summed E-state index contributed by atoms with van der Waals surface area (Å²) in [5.74, 6) is -0.0109. The molecule has 0 radical (unpaired) electrons. The third kappa shape index (κ3) is 6.86. The Labute approximate surface area is 212 Å². The lowest BCUT2D eigenvalue weighted by Crippen LogP contribution is -2.41. The number of ether oxygens (including phenoxy) is 1. The molecular weight excluding hydrogens is 519 g/mol. The van der Waals surface area contributed by atoms with Gasteiger partial charge in [0.2, 0.25) is 0 Å². The molecule has 0 bridgehead atoms. The minimum Gasteiger partial charge on any atom is -0.464 e. The van der Waals surface area contributed by atoms with Gasteiger partial charge >= 0.3 is 12.4 Å². The number of furan rings is 1. The fourth-order valence-electron chi connectivity index (χ4n) is 3.73. The van der Waals surface area contributed by atoms with Crippen molar-refractivity contribution < 1.29 is 45.0 Å². The van der Waals surface area contributed by atoms with Crippen LogP contribution in [0.25, 0.3) is 11.3 Å². The molecule has 0 unspecified atom stereocenters. The zero-order chi connectivity index (χ0) is 27.5. The quantitative estimate of drug-likeness (QED) is 0.232. The maximum Gasteiger partial charge on any atom is 0.416 e. The molecule has 0 aliphatic carbocycles. The fourth-order valence-corrected chi connectivity index (χ4v) is 3.73. The lowest BCUT2D eigenvalue weighted by Gasteiger charge is -2.29. The molecule has 4 nitrogen and oxygen atoms in total. The van der Waals surface area contributed by atoms with Gasteiger partial charge in [-0.2, -0.15) is 26.3 Å². The molecule has 1 heterocycles. The Bertz CT molecular complexity index is 1370. The first-order chi connectivity index (χ1) is 17.9. The number of alkyl halides is 6. The van der Waals surface area contributed by atoms with E-state index in [0.717, 1.165) is 11.0 Å². The number of rotatable bonds is 8. The summed E-state index contributed by atoms with van der Waals surface area (Å²) in [6.07, 6.45) is -11.2. The van der Waals surface area contributed by atoms with E-state index in [1.54, 1.807) is 36.4 Å². The summed E-state index contributed by atoms with van der Waals surface area (Å²) in [7, 11) is 0. The van der Waals surface area contributed by atoms with E-state index in [1.165, 1.54) is 30.5 Å². The number of aliphatic hydroxyl groups excluding tert-OH is 1. The predicted octanol–water partition coefficient (Wildman–Crippen LogP) is 7.83. The normalized spacial score (nSPS) is 12.8. The van der Waals surface area contributed by atoms with Crippen molar-refractivity contribution in [1.82, 2.24) is 0 Å². The van der Waals surface area contributed by atoms with Crippen molar-refractivity contribution in [3.63, 3.8) is 0 Å². The molecule has 1 atom stereocenters. The summed E-state index contributed by atoms with van der Waals surface area (Å²) in [5.41, 5.74) is -0.697. The second-order valence-corrected chi connectivity index (χ2v) is 8.39. The molecule has 4 rings (SSSR count). The average molecular weight is 539 g/mol. The molecule has 0 aliphatic heterocycles. The van der Waals surface area contributed by atoms with Crippen LogP contribution in [0.15, 0.2) is 89.5 Å². The van der Waals surface area contributed by atoms with Crippen LogP contribution in [-0.2, 0) is 12.7 Å². The van der Waals surface area contributed by atoms with Gasteiger partial charge in [-0.05, 0) is 60.2 Å². The summed E-state index contributed by atoms with van der Waals surface area (Å²) in [6.45, 7) is -1.57. The van der Waals surface area contributed by atoms with Crippen LogP contribution in [-0.4, -0.2) is 23.9 Å². The molecule has 200 valence electrons. The van der Waals surface area contributed by atoms with Crippen molar-refractivity contribution in [1.29, 1.82) is 0 Å². The number of hydrogen-bond donors (Lipinski definition) is 1. The van der Waals surface area contributed by atoms with Gasteiger partial charge in [0.1, 0.15) is 23.1 Å². The average Bonchev–Trinajstić information content (AvgIpc) is 3.38. The first kappa shape index (κ1) is 27.1. The molecule has 0 fully saturated rings. The van der Waals surface area contributed by atoms with Gasteiger partial charge in [-0.1, -0.05) is 18.2 Å². The van der Waals surface area contributed by atoms with Crippen LogP contribution >= 0.6 is 0 Å². The zero-order valence-corrected chi connectivity index (χ0v) is 19.4. The van der Waals surface area contributed by atoms with E-state index in [4.69, 9.17) is 9.15 Å². The lowest BCUT2D eigenvalue weighted by molar-refractivity contribution is -0.200. The van der Waals surface area contributed by atoms with E-state index < -0.39 is 42.9 Å². The SMILES string of the molecule is O[C@H](CN(Cc1cc(F)cc(C(F)(F)F)c1)c1cccc(Oc2cccc(-c3ccco3)c2)c1)C(F)(F)F. The first-order valence-electron chi connectivity index (χ1n) is 11.2. The summed E-state index contributed by atoms with van der Waals surface area (Å²) in [6, 6.07) is 17.8. The molecule has 0 spiro atoms. The highest BCUT2D eigenvalue weighted by atomic mass is 19.4. The van der Waals surface area contributed by atoms with Gasteiger partial charge in [-0.15, -0.1) is 0 Å². The van der Waals surface area contributed by atoms with E-state index in [2.05, 4.69) is 0 Å².